The van der Waals surface area contributed by atoms with E-state index in [2.05, 4.69) is 96.6 Å². The molecule has 0 unspecified atom stereocenters. The molecule has 0 radical (unpaired) electrons. The maximum absolute atomic E-state index is 4.61. The van der Waals surface area contributed by atoms with Gasteiger partial charge in [-0.15, -0.1) is 10.2 Å². The van der Waals surface area contributed by atoms with E-state index in [0.717, 1.165) is 51.0 Å². The molecule has 4 rings (SSSR count). The zero-order valence-electron chi connectivity index (χ0n) is 18.4. The molecule has 30 heavy (non-hydrogen) atoms. The highest BCUT2D eigenvalue weighted by atomic mass is 15.3. The van der Waals surface area contributed by atoms with E-state index < -0.39 is 0 Å². The van der Waals surface area contributed by atoms with Gasteiger partial charge in [-0.3, -0.25) is 4.57 Å². The van der Waals surface area contributed by atoms with Crippen LogP contribution in [0.1, 0.15) is 43.3 Å². The molecule has 0 saturated heterocycles. The zero-order valence-corrected chi connectivity index (χ0v) is 18.4. The number of benzene rings is 2. The van der Waals surface area contributed by atoms with E-state index in [-0.39, 0.29) is 5.41 Å². The highest BCUT2D eigenvalue weighted by molar-refractivity contribution is 5.69. The minimum atomic E-state index is -0.106. The molecule has 0 aliphatic rings. The van der Waals surface area contributed by atoms with E-state index in [1.54, 1.807) is 0 Å². The van der Waals surface area contributed by atoms with Crippen LogP contribution in [0.4, 0.5) is 0 Å². The average Bonchev–Trinajstić information content (AvgIpc) is 3.12. The SMILES string of the molecule is Cc1ccccc1-c1nnc(-c2cnc(C(C)(C)C)nc2)n1-c1c(C)cccc1C. The Balaban J connectivity index is 1.98. The quantitative estimate of drug-likeness (QED) is 0.451. The van der Waals surface area contributed by atoms with E-state index in [9.17, 15) is 0 Å². The van der Waals surface area contributed by atoms with Crippen molar-refractivity contribution in [2.24, 2.45) is 0 Å². The maximum Gasteiger partial charge on any atom is 0.172 e. The van der Waals surface area contributed by atoms with Gasteiger partial charge in [0.05, 0.1) is 11.3 Å². The predicted molar refractivity (Wildman–Crippen MR) is 121 cm³/mol. The van der Waals surface area contributed by atoms with Gasteiger partial charge in [0.1, 0.15) is 5.82 Å². The van der Waals surface area contributed by atoms with Crippen LogP contribution in [0.3, 0.4) is 0 Å². The average molecular weight is 398 g/mol. The van der Waals surface area contributed by atoms with Gasteiger partial charge in [-0.05, 0) is 37.5 Å². The van der Waals surface area contributed by atoms with Crippen molar-refractivity contribution in [2.45, 2.75) is 47.0 Å². The molecule has 0 aliphatic heterocycles. The molecule has 0 fully saturated rings. The first-order chi connectivity index (χ1) is 14.3. The van der Waals surface area contributed by atoms with Gasteiger partial charge in [-0.25, -0.2) is 9.97 Å². The first-order valence-electron chi connectivity index (χ1n) is 10.2. The number of nitrogens with zero attached hydrogens (tertiary/aromatic N) is 5. The Morgan fingerprint density at radius 3 is 1.87 bits per heavy atom. The third kappa shape index (κ3) is 3.52. The van der Waals surface area contributed by atoms with E-state index in [0.29, 0.717) is 0 Å². The van der Waals surface area contributed by atoms with Crippen LogP contribution < -0.4 is 0 Å². The summed E-state index contributed by atoms with van der Waals surface area (Å²) in [4.78, 5) is 9.23. The molecule has 0 bridgehead atoms. The number of aryl methyl sites for hydroxylation is 3. The fraction of sp³-hybridized carbons (Fsp3) is 0.280. The third-order valence-electron chi connectivity index (χ3n) is 5.29. The summed E-state index contributed by atoms with van der Waals surface area (Å²) in [5, 5.41) is 9.20. The van der Waals surface area contributed by atoms with E-state index in [4.69, 9.17) is 0 Å². The molecule has 0 saturated carbocycles. The summed E-state index contributed by atoms with van der Waals surface area (Å²) in [7, 11) is 0. The van der Waals surface area contributed by atoms with Crippen molar-refractivity contribution in [3.05, 3.63) is 77.4 Å². The standard InChI is InChI=1S/C25H27N5/c1-16-10-7-8-13-20(16)23-29-28-22(19-14-26-24(27-15-19)25(4,5)6)30(23)21-17(2)11-9-12-18(21)3/h7-15H,1-6H3. The van der Waals surface area contributed by atoms with Crippen LogP contribution in [0.15, 0.2) is 54.9 Å². The van der Waals surface area contributed by atoms with Crippen molar-refractivity contribution in [2.75, 3.05) is 0 Å². The van der Waals surface area contributed by atoms with Crippen LogP contribution in [-0.4, -0.2) is 24.7 Å². The van der Waals surface area contributed by atoms with Crippen molar-refractivity contribution in [3.63, 3.8) is 0 Å². The second-order valence-electron chi connectivity index (χ2n) is 8.78. The summed E-state index contributed by atoms with van der Waals surface area (Å²) in [6.45, 7) is 12.7. The molecule has 5 heteroatoms. The van der Waals surface area contributed by atoms with Crippen LogP contribution in [0, 0.1) is 20.8 Å². The largest absolute Gasteiger partial charge is 0.274 e. The number of hydrogen-bond donors (Lipinski definition) is 0. The molecule has 2 heterocycles. The molecule has 0 aliphatic carbocycles. The monoisotopic (exact) mass is 397 g/mol. The van der Waals surface area contributed by atoms with Crippen molar-refractivity contribution >= 4 is 0 Å². The Hall–Kier alpha value is -3.34. The lowest BCUT2D eigenvalue weighted by Crippen LogP contribution is -2.15. The minimum absolute atomic E-state index is 0.106. The van der Waals surface area contributed by atoms with Crippen LogP contribution in [-0.2, 0) is 5.41 Å². The summed E-state index contributed by atoms with van der Waals surface area (Å²) in [6, 6.07) is 14.6. The molecular weight excluding hydrogens is 370 g/mol. The Morgan fingerprint density at radius 2 is 1.27 bits per heavy atom. The molecule has 2 aromatic heterocycles. The second-order valence-corrected chi connectivity index (χ2v) is 8.78. The summed E-state index contributed by atoms with van der Waals surface area (Å²) in [5.74, 6) is 2.37. The lowest BCUT2D eigenvalue weighted by Gasteiger charge is -2.18. The van der Waals surface area contributed by atoms with Crippen LogP contribution in [0.2, 0.25) is 0 Å². The Kier molecular flexibility index (Phi) is 4.98. The Bertz CT molecular complexity index is 1180. The van der Waals surface area contributed by atoms with Crippen molar-refractivity contribution in [1.29, 1.82) is 0 Å². The lowest BCUT2D eigenvalue weighted by molar-refractivity contribution is 0.545. The summed E-state index contributed by atoms with van der Waals surface area (Å²) < 4.78 is 2.14. The molecule has 4 aromatic rings. The minimum Gasteiger partial charge on any atom is -0.274 e. The van der Waals surface area contributed by atoms with Gasteiger partial charge in [0.2, 0.25) is 0 Å². The number of rotatable bonds is 3. The van der Waals surface area contributed by atoms with Gasteiger partial charge in [-0.2, -0.15) is 0 Å². The van der Waals surface area contributed by atoms with Gasteiger partial charge < -0.3 is 0 Å². The van der Waals surface area contributed by atoms with E-state index >= 15 is 0 Å². The van der Waals surface area contributed by atoms with Gasteiger partial charge in [0, 0.05) is 23.4 Å². The highest BCUT2D eigenvalue weighted by Crippen LogP contribution is 2.32. The van der Waals surface area contributed by atoms with Crippen molar-refractivity contribution in [3.8, 4) is 28.5 Å². The van der Waals surface area contributed by atoms with Crippen LogP contribution >= 0.6 is 0 Å². The fourth-order valence-electron chi connectivity index (χ4n) is 3.67. The number of aromatic nitrogens is 5. The van der Waals surface area contributed by atoms with Gasteiger partial charge >= 0.3 is 0 Å². The summed E-state index contributed by atoms with van der Waals surface area (Å²) >= 11 is 0. The van der Waals surface area contributed by atoms with E-state index in [1.165, 1.54) is 0 Å². The molecule has 0 atom stereocenters. The lowest BCUT2D eigenvalue weighted by atomic mass is 9.96. The summed E-state index contributed by atoms with van der Waals surface area (Å²) in [6.07, 6.45) is 3.70. The molecule has 2 aromatic carbocycles. The molecule has 0 spiro atoms. The van der Waals surface area contributed by atoms with E-state index in [1.807, 2.05) is 24.5 Å². The van der Waals surface area contributed by atoms with Gasteiger partial charge in [-0.1, -0.05) is 63.2 Å². The van der Waals surface area contributed by atoms with Crippen molar-refractivity contribution in [1.82, 2.24) is 24.7 Å². The zero-order chi connectivity index (χ0) is 21.5. The molecule has 0 N–H and O–H groups in total. The van der Waals surface area contributed by atoms with Gasteiger partial charge in [0.25, 0.3) is 0 Å². The van der Waals surface area contributed by atoms with Gasteiger partial charge in [0.15, 0.2) is 11.6 Å². The van der Waals surface area contributed by atoms with Crippen LogP contribution in [0.5, 0.6) is 0 Å². The number of hydrogen-bond acceptors (Lipinski definition) is 4. The normalized spacial score (nSPS) is 11.7. The smallest absolute Gasteiger partial charge is 0.172 e. The number of para-hydroxylation sites is 1. The molecule has 0 amide bonds. The van der Waals surface area contributed by atoms with Crippen molar-refractivity contribution < 1.29 is 0 Å². The Morgan fingerprint density at radius 1 is 0.700 bits per heavy atom. The molecule has 152 valence electrons. The third-order valence-corrected chi connectivity index (χ3v) is 5.29. The first kappa shape index (κ1) is 20.0. The topological polar surface area (TPSA) is 56.5 Å². The Labute approximate surface area is 177 Å². The fourth-order valence-corrected chi connectivity index (χ4v) is 3.67. The predicted octanol–water partition coefficient (Wildman–Crippen LogP) is 5.61. The molecule has 5 nitrogen and oxygen atoms in total. The first-order valence-corrected chi connectivity index (χ1v) is 10.2. The second kappa shape index (κ2) is 7.48. The maximum atomic E-state index is 4.61. The van der Waals surface area contributed by atoms with Crippen LogP contribution in [0.25, 0.3) is 28.5 Å². The highest BCUT2D eigenvalue weighted by Gasteiger charge is 2.22. The summed E-state index contributed by atoms with van der Waals surface area (Å²) in [5.41, 5.74) is 6.38. The molecular formula is C25H27N5.